The van der Waals surface area contributed by atoms with E-state index in [4.69, 9.17) is 17.0 Å². The maximum Gasteiger partial charge on any atom is 0.267 e. The van der Waals surface area contributed by atoms with Crippen LogP contribution in [-0.2, 0) is 9.53 Å². The molecule has 1 amide bonds. The molecule has 0 saturated carbocycles. The van der Waals surface area contributed by atoms with E-state index in [9.17, 15) is 14.7 Å². The number of hydrogen-bond acceptors (Lipinski definition) is 8. The minimum absolute atomic E-state index is 0.00966. The number of thiocarbonyl (C=S) groups is 1. The summed E-state index contributed by atoms with van der Waals surface area (Å²) in [6.07, 6.45) is 5.12. The Morgan fingerprint density at radius 3 is 3.00 bits per heavy atom. The molecule has 1 atom stereocenters. The van der Waals surface area contributed by atoms with Crippen LogP contribution in [0.2, 0.25) is 0 Å². The van der Waals surface area contributed by atoms with Crippen LogP contribution in [0.25, 0.3) is 11.7 Å². The van der Waals surface area contributed by atoms with Crippen LogP contribution >= 0.6 is 24.0 Å². The van der Waals surface area contributed by atoms with Crippen LogP contribution in [0.1, 0.15) is 24.0 Å². The molecule has 4 rings (SSSR count). The Bertz CT molecular complexity index is 1090. The molecule has 2 fully saturated rings. The second-order valence-electron chi connectivity index (χ2n) is 7.19. The van der Waals surface area contributed by atoms with Gasteiger partial charge in [0, 0.05) is 19.3 Å². The Labute approximate surface area is 182 Å². The largest absolute Gasteiger partial charge is 0.395 e. The molecule has 8 nitrogen and oxygen atoms in total. The van der Waals surface area contributed by atoms with Crippen LogP contribution in [0.5, 0.6) is 0 Å². The Balaban J connectivity index is 1.73. The first-order chi connectivity index (χ1) is 14.5. The van der Waals surface area contributed by atoms with Gasteiger partial charge in [-0.25, -0.2) is 4.98 Å². The summed E-state index contributed by atoms with van der Waals surface area (Å²) in [7, 11) is 0. The molecule has 2 aliphatic heterocycles. The second kappa shape index (κ2) is 8.84. The standard InChI is InChI=1S/C20H22N4O4S2/c1-12-4-5-16-22-17(21-6-7-25)14(18(26)23(16)10-12)9-15-19(27)24(20(29)30-15)11-13-3-2-8-28-13/h4-5,9-10,13,21,25H,2-3,6-8,11H2,1H3/b15-9-/t13-/m1/s1. The predicted molar refractivity (Wildman–Crippen MR) is 121 cm³/mol. The summed E-state index contributed by atoms with van der Waals surface area (Å²) < 4.78 is 7.54. The Hall–Kier alpha value is -2.27. The first-order valence-corrected chi connectivity index (χ1v) is 10.9. The molecule has 10 heteroatoms. The van der Waals surface area contributed by atoms with Crippen molar-refractivity contribution in [3.8, 4) is 0 Å². The molecule has 4 heterocycles. The van der Waals surface area contributed by atoms with Gasteiger partial charge in [-0.05, 0) is 37.5 Å². The number of aliphatic hydroxyl groups is 1. The number of thioether (sulfide) groups is 1. The predicted octanol–water partition coefficient (Wildman–Crippen LogP) is 1.79. The highest BCUT2D eigenvalue weighted by Gasteiger charge is 2.35. The second-order valence-corrected chi connectivity index (χ2v) is 8.87. The van der Waals surface area contributed by atoms with Gasteiger partial charge in [-0.2, -0.15) is 0 Å². The number of aliphatic hydroxyl groups excluding tert-OH is 1. The van der Waals surface area contributed by atoms with Gasteiger partial charge in [-0.15, -0.1) is 0 Å². The van der Waals surface area contributed by atoms with Gasteiger partial charge in [-0.1, -0.05) is 30.0 Å². The smallest absolute Gasteiger partial charge is 0.267 e. The number of nitrogens with one attached hydrogen (secondary N) is 1. The number of aryl methyl sites for hydroxylation is 1. The average molecular weight is 447 g/mol. The van der Waals surface area contributed by atoms with E-state index in [0.717, 1.165) is 18.4 Å². The highest BCUT2D eigenvalue weighted by Crippen LogP contribution is 2.34. The first kappa shape index (κ1) is 21.0. The number of carbonyl (C=O) groups excluding carboxylic acids is 1. The highest BCUT2D eigenvalue weighted by atomic mass is 32.2. The van der Waals surface area contributed by atoms with Crippen molar-refractivity contribution >= 4 is 51.7 Å². The van der Waals surface area contributed by atoms with Crippen molar-refractivity contribution in [3.05, 3.63) is 44.7 Å². The molecule has 0 aromatic carbocycles. The first-order valence-electron chi connectivity index (χ1n) is 9.72. The van der Waals surface area contributed by atoms with Gasteiger partial charge in [0.05, 0.1) is 29.7 Å². The van der Waals surface area contributed by atoms with Gasteiger partial charge in [0.2, 0.25) is 0 Å². The number of pyridine rings is 1. The monoisotopic (exact) mass is 446 g/mol. The number of fused-ring (bicyclic) bond motifs is 1. The molecule has 0 bridgehead atoms. The summed E-state index contributed by atoms with van der Waals surface area (Å²) in [5, 5.41) is 12.2. The number of amides is 1. The van der Waals surface area contributed by atoms with Crippen molar-refractivity contribution in [1.82, 2.24) is 14.3 Å². The molecule has 2 aromatic rings. The summed E-state index contributed by atoms with van der Waals surface area (Å²) >= 11 is 6.57. The quantitative estimate of drug-likeness (QED) is 0.512. The zero-order valence-electron chi connectivity index (χ0n) is 16.5. The van der Waals surface area contributed by atoms with Crippen molar-refractivity contribution in [1.29, 1.82) is 0 Å². The third-order valence-electron chi connectivity index (χ3n) is 4.97. The van der Waals surface area contributed by atoms with Gasteiger partial charge in [-0.3, -0.25) is 18.9 Å². The SMILES string of the molecule is Cc1ccc2nc(NCCO)c(/C=C3\SC(=S)N(C[C@H]4CCCO4)C3=O)c(=O)n2c1. The molecule has 0 spiro atoms. The molecule has 2 aliphatic rings. The van der Waals surface area contributed by atoms with Gasteiger partial charge in [0.1, 0.15) is 15.8 Å². The van der Waals surface area contributed by atoms with Gasteiger partial charge >= 0.3 is 0 Å². The third kappa shape index (κ3) is 4.13. The Morgan fingerprint density at radius 2 is 2.27 bits per heavy atom. The van der Waals surface area contributed by atoms with Crippen molar-refractivity contribution in [3.63, 3.8) is 0 Å². The fourth-order valence-corrected chi connectivity index (χ4v) is 4.74. The van der Waals surface area contributed by atoms with Crippen LogP contribution < -0.4 is 10.9 Å². The summed E-state index contributed by atoms with van der Waals surface area (Å²) in [5.41, 5.74) is 1.35. The van der Waals surface area contributed by atoms with E-state index < -0.39 is 0 Å². The van der Waals surface area contributed by atoms with E-state index in [0.29, 0.717) is 33.8 Å². The van der Waals surface area contributed by atoms with E-state index in [-0.39, 0.29) is 36.3 Å². The van der Waals surface area contributed by atoms with Crippen LogP contribution in [0.15, 0.2) is 28.0 Å². The number of nitrogens with zero attached hydrogens (tertiary/aromatic N) is 3. The lowest BCUT2D eigenvalue weighted by Crippen LogP contribution is -2.35. The van der Waals surface area contributed by atoms with E-state index in [2.05, 4.69) is 10.3 Å². The normalized spacial score (nSPS) is 20.7. The summed E-state index contributed by atoms with van der Waals surface area (Å²) in [6.45, 7) is 3.13. The van der Waals surface area contributed by atoms with E-state index in [1.807, 2.05) is 13.0 Å². The van der Waals surface area contributed by atoms with Gasteiger partial charge in [0.15, 0.2) is 0 Å². The molecule has 0 aliphatic carbocycles. The molecular formula is C20H22N4O4S2. The minimum Gasteiger partial charge on any atom is -0.395 e. The number of carbonyl (C=O) groups is 1. The van der Waals surface area contributed by atoms with Crippen molar-refractivity contribution < 1.29 is 14.6 Å². The third-order valence-corrected chi connectivity index (χ3v) is 6.35. The lowest BCUT2D eigenvalue weighted by molar-refractivity contribution is -0.123. The molecule has 0 radical (unpaired) electrons. The van der Waals surface area contributed by atoms with Crippen LogP contribution in [0, 0.1) is 6.92 Å². The van der Waals surface area contributed by atoms with E-state index >= 15 is 0 Å². The van der Waals surface area contributed by atoms with Crippen LogP contribution in [-0.4, -0.2) is 62.0 Å². The van der Waals surface area contributed by atoms with Crippen molar-refractivity contribution in [2.24, 2.45) is 0 Å². The number of aromatic nitrogens is 2. The zero-order valence-corrected chi connectivity index (χ0v) is 18.1. The number of anilines is 1. The fourth-order valence-electron chi connectivity index (χ4n) is 3.48. The number of hydrogen-bond donors (Lipinski definition) is 2. The molecule has 2 N–H and O–H groups in total. The topological polar surface area (TPSA) is 96.2 Å². The zero-order chi connectivity index (χ0) is 21.3. The molecule has 2 saturated heterocycles. The maximum atomic E-state index is 13.2. The molecule has 30 heavy (non-hydrogen) atoms. The number of rotatable bonds is 6. The molecule has 158 valence electrons. The maximum absolute atomic E-state index is 13.2. The summed E-state index contributed by atoms with van der Waals surface area (Å²) in [4.78, 5) is 32.6. The van der Waals surface area contributed by atoms with Crippen molar-refractivity contribution in [2.45, 2.75) is 25.9 Å². The molecule has 0 unspecified atom stereocenters. The minimum atomic E-state index is -0.298. The van der Waals surface area contributed by atoms with Crippen molar-refractivity contribution in [2.75, 3.05) is 31.6 Å². The van der Waals surface area contributed by atoms with Gasteiger partial charge < -0.3 is 15.2 Å². The van der Waals surface area contributed by atoms with Gasteiger partial charge in [0.25, 0.3) is 11.5 Å². The Kier molecular flexibility index (Phi) is 6.19. The summed E-state index contributed by atoms with van der Waals surface area (Å²) in [5.74, 6) is 0.0876. The van der Waals surface area contributed by atoms with E-state index in [1.54, 1.807) is 23.2 Å². The van der Waals surface area contributed by atoms with E-state index in [1.165, 1.54) is 16.2 Å². The van der Waals surface area contributed by atoms with Crippen LogP contribution in [0.3, 0.4) is 0 Å². The summed E-state index contributed by atoms with van der Waals surface area (Å²) in [6, 6.07) is 3.62. The number of ether oxygens (including phenoxy) is 1. The van der Waals surface area contributed by atoms with Crippen LogP contribution in [0.4, 0.5) is 5.82 Å². The Morgan fingerprint density at radius 1 is 1.43 bits per heavy atom. The molecule has 2 aromatic heterocycles. The molecular weight excluding hydrogens is 424 g/mol. The highest BCUT2D eigenvalue weighted by molar-refractivity contribution is 8.26. The average Bonchev–Trinajstić information content (AvgIpc) is 3.33. The lowest BCUT2D eigenvalue weighted by Gasteiger charge is -2.18. The fraction of sp³-hybridized carbons (Fsp3) is 0.400. The lowest BCUT2D eigenvalue weighted by atomic mass is 10.2.